The van der Waals surface area contributed by atoms with Gasteiger partial charge >= 0.3 is 0 Å². The first-order valence-electron chi connectivity index (χ1n) is 9.09. The second kappa shape index (κ2) is 7.26. The molecule has 4 fully saturated rings. The lowest BCUT2D eigenvalue weighted by atomic mass is 9.76. The van der Waals surface area contributed by atoms with Crippen LogP contribution in [0, 0.1) is 17.7 Å². The highest BCUT2D eigenvalue weighted by atomic mass is 35.5. The van der Waals surface area contributed by atoms with E-state index in [1.807, 2.05) is 0 Å². The highest BCUT2D eigenvalue weighted by Crippen LogP contribution is 2.52. The molecular formula is C18H22ClFN4O3. The van der Waals surface area contributed by atoms with Crippen molar-refractivity contribution in [3.05, 3.63) is 29.0 Å². The molecule has 5 rings (SSSR count). The highest BCUT2D eigenvalue weighted by molar-refractivity contribution is 6.30. The second-order valence-electron chi connectivity index (χ2n) is 7.64. The van der Waals surface area contributed by atoms with E-state index < -0.39 is 5.82 Å². The molecule has 9 heteroatoms. The number of nitrogens with one attached hydrogen (secondary N) is 4. The van der Waals surface area contributed by atoms with Gasteiger partial charge in [0.1, 0.15) is 11.6 Å². The van der Waals surface area contributed by atoms with Gasteiger partial charge in [0.05, 0.1) is 10.9 Å². The fraction of sp³-hybridized carbons (Fsp3) is 0.556. The van der Waals surface area contributed by atoms with Crippen LogP contribution in [0.25, 0.3) is 0 Å². The zero-order valence-electron chi connectivity index (χ0n) is 14.7. The fourth-order valence-corrected chi connectivity index (χ4v) is 4.40. The number of hydrazine groups is 1. The molecule has 4 N–H and O–H groups in total. The van der Waals surface area contributed by atoms with Crippen molar-refractivity contribution in [2.24, 2.45) is 11.8 Å². The molecule has 7 nitrogen and oxygen atoms in total. The van der Waals surface area contributed by atoms with Gasteiger partial charge in [-0.25, -0.2) is 4.39 Å². The van der Waals surface area contributed by atoms with Crippen molar-refractivity contribution in [3.63, 3.8) is 0 Å². The van der Waals surface area contributed by atoms with E-state index in [2.05, 4.69) is 21.5 Å². The molecule has 0 radical (unpaired) electrons. The lowest BCUT2D eigenvalue weighted by Crippen LogP contribution is -2.54. The summed E-state index contributed by atoms with van der Waals surface area (Å²) < 4.78 is 18.7. The van der Waals surface area contributed by atoms with Crippen molar-refractivity contribution in [2.45, 2.75) is 30.8 Å². The van der Waals surface area contributed by atoms with E-state index in [4.69, 9.17) is 16.3 Å². The monoisotopic (exact) mass is 396 g/mol. The summed E-state index contributed by atoms with van der Waals surface area (Å²) in [6.45, 7) is 1.07. The van der Waals surface area contributed by atoms with Gasteiger partial charge in [-0.3, -0.25) is 20.4 Å². The molecule has 3 aliphatic carbocycles. The molecule has 1 aromatic carbocycles. The number of benzene rings is 1. The van der Waals surface area contributed by atoms with Crippen molar-refractivity contribution >= 4 is 23.4 Å². The summed E-state index contributed by atoms with van der Waals surface area (Å²) in [5.74, 6) is -0.205. The van der Waals surface area contributed by atoms with Crippen LogP contribution in [0.4, 0.5) is 4.39 Å². The van der Waals surface area contributed by atoms with Crippen LogP contribution in [-0.2, 0) is 9.59 Å². The Hall–Kier alpha value is -1.90. The van der Waals surface area contributed by atoms with Crippen molar-refractivity contribution < 1.29 is 18.7 Å². The maximum atomic E-state index is 13.4. The van der Waals surface area contributed by atoms with E-state index in [0.29, 0.717) is 19.0 Å². The molecule has 0 unspecified atom stereocenters. The van der Waals surface area contributed by atoms with E-state index in [0.717, 1.165) is 25.3 Å². The number of carbonyl (C=O) groups is 2. The Morgan fingerprint density at radius 2 is 2.00 bits per heavy atom. The molecule has 1 atom stereocenters. The smallest absolute Gasteiger partial charge is 0.258 e. The number of fused-ring (bicyclic) bond motifs is 1. The summed E-state index contributed by atoms with van der Waals surface area (Å²) in [5, 5.41) is 6.16. The van der Waals surface area contributed by atoms with Gasteiger partial charge in [0.25, 0.3) is 5.91 Å². The molecule has 2 bridgehead atoms. The van der Waals surface area contributed by atoms with Crippen LogP contribution in [0.15, 0.2) is 18.2 Å². The first kappa shape index (κ1) is 18.5. The van der Waals surface area contributed by atoms with E-state index in [-0.39, 0.29) is 46.7 Å². The Bertz CT molecular complexity index is 750. The van der Waals surface area contributed by atoms with E-state index in [9.17, 15) is 14.0 Å². The number of amides is 2. The maximum Gasteiger partial charge on any atom is 0.258 e. The number of hydrogen-bond donors (Lipinski definition) is 4. The summed E-state index contributed by atoms with van der Waals surface area (Å²) >= 11 is 5.62. The zero-order valence-corrected chi connectivity index (χ0v) is 15.4. The molecule has 4 aliphatic rings. The van der Waals surface area contributed by atoms with Crippen LogP contribution in [-0.4, -0.2) is 43.1 Å². The standard InChI is InChI=1S/C18H22ClFN4O3/c19-13-2-1-12(3-14(13)20)27-9-16(25)23-15-6-18(4-10(15)5-18)24-17(26)11-7-21-22-8-11/h1-3,10-11,15,21-22H,4-9H2,(H,23,25)(H,24,26)/t10?,15-,18?/m1/s1. The number of rotatable bonds is 6. The average Bonchev–Trinajstić information content (AvgIpc) is 3.31. The van der Waals surface area contributed by atoms with Crippen molar-refractivity contribution in [2.75, 3.05) is 19.7 Å². The maximum absolute atomic E-state index is 13.4. The molecule has 1 heterocycles. The molecule has 1 aliphatic heterocycles. The Morgan fingerprint density at radius 3 is 2.70 bits per heavy atom. The highest BCUT2D eigenvalue weighted by Gasteiger charge is 2.57. The molecule has 146 valence electrons. The Kier molecular flexibility index (Phi) is 4.96. The molecule has 1 aromatic rings. The molecular weight excluding hydrogens is 375 g/mol. The summed E-state index contributed by atoms with van der Waals surface area (Å²) in [5.41, 5.74) is 5.73. The van der Waals surface area contributed by atoms with Gasteiger partial charge < -0.3 is 15.4 Å². The van der Waals surface area contributed by atoms with Gasteiger partial charge in [-0.15, -0.1) is 0 Å². The van der Waals surface area contributed by atoms with E-state index in [1.165, 1.54) is 12.1 Å². The minimum absolute atomic E-state index is 0.00837. The second-order valence-corrected chi connectivity index (χ2v) is 8.05. The summed E-state index contributed by atoms with van der Waals surface area (Å²) in [4.78, 5) is 24.5. The average molecular weight is 397 g/mol. The molecule has 0 aromatic heterocycles. The van der Waals surface area contributed by atoms with Crippen molar-refractivity contribution in [1.82, 2.24) is 21.5 Å². The zero-order chi connectivity index (χ0) is 19.0. The van der Waals surface area contributed by atoms with Crippen LogP contribution < -0.4 is 26.2 Å². The topological polar surface area (TPSA) is 91.5 Å². The van der Waals surface area contributed by atoms with Gasteiger partial charge in [0.15, 0.2) is 6.61 Å². The molecule has 0 spiro atoms. The van der Waals surface area contributed by atoms with Gasteiger partial charge in [-0.2, -0.15) is 0 Å². The van der Waals surface area contributed by atoms with Crippen LogP contribution in [0.5, 0.6) is 5.75 Å². The van der Waals surface area contributed by atoms with Crippen LogP contribution in [0.3, 0.4) is 0 Å². The third-order valence-corrected chi connectivity index (χ3v) is 5.98. The number of hydrogen-bond acceptors (Lipinski definition) is 5. The molecule has 2 amide bonds. The Morgan fingerprint density at radius 1 is 1.26 bits per heavy atom. The fourth-order valence-electron chi connectivity index (χ4n) is 4.28. The summed E-state index contributed by atoms with van der Waals surface area (Å²) in [6.07, 6.45) is 2.51. The van der Waals surface area contributed by atoms with E-state index in [1.54, 1.807) is 0 Å². The van der Waals surface area contributed by atoms with Crippen molar-refractivity contribution in [3.8, 4) is 5.75 Å². The number of ether oxygens (including phenoxy) is 1. The van der Waals surface area contributed by atoms with Crippen LogP contribution in [0.1, 0.15) is 19.3 Å². The largest absolute Gasteiger partial charge is 0.484 e. The minimum atomic E-state index is -0.587. The third kappa shape index (κ3) is 3.88. The Labute approximate surface area is 161 Å². The first-order chi connectivity index (χ1) is 12.9. The van der Waals surface area contributed by atoms with Gasteiger partial charge in [-0.05, 0) is 37.3 Å². The first-order valence-corrected chi connectivity index (χ1v) is 9.47. The van der Waals surface area contributed by atoms with Crippen LogP contribution in [0.2, 0.25) is 5.02 Å². The lowest BCUT2D eigenvalue weighted by Gasteiger charge is -2.39. The van der Waals surface area contributed by atoms with E-state index >= 15 is 0 Å². The van der Waals surface area contributed by atoms with Gasteiger partial charge in [0.2, 0.25) is 5.91 Å². The lowest BCUT2D eigenvalue weighted by molar-refractivity contribution is -0.127. The molecule has 27 heavy (non-hydrogen) atoms. The van der Waals surface area contributed by atoms with Crippen molar-refractivity contribution in [1.29, 1.82) is 0 Å². The van der Waals surface area contributed by atoms with Gasteiger partial charge in [0, 0.05) is 30.7 Å². The minimum Gasteiger partial charge on any atom is -0.484 e. The predicted molar refractivity (Wildman–Crippen MR) is 96.5 cm³/mol. The van der Waals surface area contributed by atoms with Gasteiger partial charge in [-0.1, -0.05) is 11.6 Å². The molecule has 1 saturated heterocycles. The van der Waals surface area contributed by atoms with Crippen LogP contribution >= 0.6 is 11.6 Å². The normalized spacial score (nSPS) is 29.3. The summed E-state index contributed by atoms with van der Waals surface area (Å²) in [7, 11) is 0. The predicted octanol–water partition coefficient (Wildman–Crippen LogP) is 0.735. The number of carbonyl (C=O) groups excluding carboxylic acids is 2. The Balaban J connectivity index is 1.24. The summed E-state index contributed by atoms with van der Waals surface area (Å²) in [6, 6.07) is 4.09. The molecule has 3 saturated carbocycles. The number of halogens is 2. The quantitative estimate of drug-likeness (QED) is 0.569. The third-order valence-electron chi connectivity index (χ3n) is 5.67. The SMILES string of the molecule is O=C(COc1ccc(Cl)c(F)c1)N[C@@H]1CC2(NC(=O)C3CNNC3)CC1C2.